The van der Waals surface area contributed by atoms with E-state index in [4.69, 9.17) is 10.0 Å². The van der Waals surface area contributed by atoms with Crippen LogP contribution in [0.25, 0.3) is 0 Å². The Morgan fingerprint density at radius 2 is 2.12 bits per heavy atom. The second-order valence-electron chi connectivity index (χ2n) is 1.28. The minimum Gasteiger partial charge on any atom is -0.421 e. The fraction of sp³-hybridized carbons (Fsp3) is 0.250. The third-order valence-electron chi connectivity index (χ3n) is 0.585. The maximum absolute atomic E-state index is 10.2. The third-order valence-corrected chi connectivity index (χ3v) is 0.585. The molecule has 0 aliphatic rings. The fourth-order valence-corrected chi connectivity index (χ4v) is 0.250. The lowest BCUT2D eigenvalue weighted by Crippen LogP contribution is -2.22. The predicted molar refractivity (Wildman–Crippen MR) is 30.0 cm³/mol. The van der Waals surface area contributed by atoms with E-state index in [1.165, 1.54) is 6.08 Å². The van der Waals surface area contributed by atoms with E-state index in [0.29, 0.717) is 0 Å². The van der Waals surface area contributed by atoms with Gasteiger partial charge in [0, 0.05) is 0 Å². The highest BCUT2D eigenvalue weighted by atomic mass is 16.4. The molecule has 4 heteroatoms. The Bertz CT molecular complexity index is 108. The molecule has 0 rings (SSSR count). The zero-order valence-electron chi connectivity index (χ0n) is 4.53. The maximum Gasteiger partial charge on any atom is 0.531 e. The van der Waals surface area contributed by atoms with Crippen LogP contribution < -0.4 is 0 Å². The quantitative estimate of drug-likeness (QED) is 0.362. The number of carbonyl (C=O) groups is 1. The molecule has 0 heterocycles. The van der Waals surface area contributed by atoms with Crippen LogP contribution in [0.5, 0.6) is 0 Å². The summed E-state index contributed by atoms with van der Waals surface area (Å²) in [5, 5.41) is 16.2. The van der Waals surface area contributed by atoms with Gasteiger partial charge in [-0.2, -0.15) is 0 Å². The van der Waals surface area contributed by atoms with Gasteiger partial charge in [-0.15, -0.1) is 0 Å². The second kappa shape index (κ2) is 3.40. The first kappa shape index (κ1) is 7.39. The van der Waals surface area contributed by atoms with Gasteiger partial charge in [-0.05, 0) is 13.0 Å². The molecule has 0 atom stereocenters. The molecule has 0 radical (unpaired) electrons. The Kier molecular flexibility index (Phi) is 3.15. The summed E-state index contributed by atoms with van der Waals surface area (Å²) < 4.78 is 0. The van der Waals surface area contributed by atoms with Gasteiger partial charge in [0.25, 0.3) is 0 Å². The predicted octanol–water partition coefficient (Wildman–Crippen LogP) is -0.856. The highest BCUT2D eigenvalue weighted by molar-refractivity contribution is 6.80. The van der Waals surface area contributed by atoms with E-state index in [0.717, 1.165) is 6.08 Å². The summed E-state index contributed by atoms with van der Waals surface area (Å²) in [6, 6.07) is 0. The van der Waals surface area contributed by atoms with Gasteiger partial charge in [0.05, 0.1) is 0 Å². The topological polar surface area (TPSA) is 57.5 Å². The van der Waals surface area contributed by atoms with E-state index >= 15 is 0 Å². The molecule has 2 N–H and O–H groups in total. The minimum atomic E-state index is -1.86. The van der Waals surface area contributed by atoms with Crippen molar-refractivity contribution in [2.24, 2.45) is 0 Å². The lowest BCUT2D eigenvalue weighted by atomic mass is 9.84. The van der Waals surface area contributed by atoms with Crippen LogP contribution in [-0.2, 0) is 4.79 Å². The summed E-state index contributed by atoms with van der Waals surface area (Å²) in [7, 11) is -1.86. The third kappa shape index (κ3) is 2.55. The van der Waals surface area contributed by atoms with Gasteiger partial charge in [-0.25, -0.2) is 0 Å². The summed E-state index contributed by atoms with van der Waals surface area (Å²) in [6.07, 6.45) is 2.55. The lowest BCUT2D eigenvalue weighted by molar-refractivity contribution is -0.110. The first-order valence-corrected chi connectivity index (χ1v) is 2.21. The summed E-state index contributed by atoms with van der Waals surface area (Å²) >= 11 is 0. The average Bonchev–Trinajstić information content (AvgIpc) is 1.67. The molecule has 0 saturated carbocycles. The van der Waals surface area contributed by atoms with E-state index in [1.54, 1.807) is 6.92 Å². The van der Waals surface area contributed by atoms with Gasteiger partial charge in [0.2, 0.25) is 0 Å². The van der Waals surface area contributed by atoms with Crippen molar-refractivity contribution in [1.29, 1.82) is 0 Å². The van der Waals surface area contributed by atoms with Crippen LogP contribution in [0, 0.1) is 0 Å². The molecule has 0 amide bonds. The minimum absolute atomic E-state index is 0.687. The van der Waals surface area contributed by atoms with Crippen LogP contribution in [0.1, 0.15) is 6.92 Å². The molecule has 44 valence electrons. The first-order chi connectivity index (χ1) is 3.68. The molecule has 0 aliphatic heterocycles. The van der Waals surface area contributed by atoms with Gasteiger partial charge >= 0.3 is 7.12 Å². The van der Waals surface area contributed by atoms with Crippen molar-refractivity contribution in [3.8, 4) is 0 Å². The van der Waals surface area contributed by atoms with Crippen LogP contribution in [0.15, 0.2) is 12.2 Å². The largest absolute Gasteiger partial charge is 0.531 e. The average molecular weight is 114 g/mol. The molecule has 0 bridgehead atoms. The van der Waals surface area contributed by atoms with Crippen molar-refractivity contribution >= 4 is 12.8 Å². The summed E-state index contributed by atoms with van der Waals surface area (Å²) in [5.41, 5.74) is -0.687. The molecule has 0 aromatic heterocycles. The Hall–Kier alpha value is -0.605. The van der Waals surface area contributed by atoms with Crippen LogP contribution in [0.4, 0.5) is 0 Å². The first-order valence-electron chi connectivity index (χ1n) is 2.21. The molecule has 8 heavy (non-hydrogen) atoms. The Morgan fingerprint density at radius 3 is 2.25 bits per heavy atom. The van der Waals surface area contributed by atoms with Crippen molar-refractivity contribution in [3.63, 3.8) is 0 Å². The maximum atomic E-state index is 10.2. The molecular formula is C4H7BO3. The molecule has 0 aliphatic carbocycles. The van der Waals surface area contributed by atoms with Gasteiger partial charge in [-0.3, -0.25) is 4.79 Å². The second-order valence-corrected chi connectivity index (χ2v) is 1.28. The smallest absolute Gasteiger partial charge is 0.421 e. The molecule has 3 nitrogen and oxygen atoms in total. The van der Waals surface area contributed by atoms with E-state index in [2.05, 4.69) is 0 Å². The number of allylic oxidation sites excluding steroid dienone is 2. The molecule has 0 aromatic rings. The monoisotopic (exact) mass is 114 g/mol. The normalized spacial score (nSPS) is 9.88. The van der Waals surface area contributed by atoms with Gasteiger partial charge < -0.3 is 10.0 Å². The zero-order valence-corrected chi connectivity index (χ0v) is 4.53. The van der Waals surface area contributed by atoms with E-state index in [1.807, 2.05) is 0 Å². The van der Waals surface area contributed by atoms with Crippen molar-refractivity contribution < 1.29 is 14.8 Å². The molecule has 0 saturated heterocycles. The highest BCUT2D eigenvalue weighted by Gasteiger charge is 2.14. The van der Waals surface area contributed by atoms with Crippen molar-refractivity contribution in [1.82, 2.24) is 0 Å². The van der Waals surface area contributed by atoms with E-state index < -0.39 is 12.8 Å². The van der Waals surface area contributed by atoms with Crippen molar-refractivity contribution in [2.75, 3.05) is 0 Å². The summed E-state index contributed by atoms with van der Waals surface area (Å²) in [4.78, 5) is 10.2. The Morgan fingerprint density at radius 1 is 1.62 bits per heavy atom. The number of carbonyl (C=O) groups excluding carboxylic acids is 1. The zero-order chi connectivity index (χ0) is 6.57. The Labute approximate surface area is 47.8 Å². The number of rotatable bonds is 2. The molecular weight excluding hydrogens is 107 g/mol. The van der Waals surface area contributed by atoms with Gasteiger partial charge in [-0.1, -0.05) is 6.08 Å². The van der Waals surface area contributed by atoms with Crippen molar-refractivity contribution in [2.45, 2.75) is 6.92 Å². The SMILES string of the molecule is C/C=C/C(=O)B(O)O. The number of hydrogen-bond donors (Lipinski definition) is 2. The van der Waals surface area contributed by atoms with Crippen LogP contribution in [-0.4, -0.2) is 22.8 Å². The molecule has 0 unspecified atom stereocenters. The molecule has 0 fully saturated rings. The molecule has 0 spiro atoms. The highest BCUT2D eigenvalue weighted by Crippen LogP contribution is 1.76. The summed E-state index contributed by atoms with van der Waals surface area (Å²) in [6.45, 7) is 1.63. The summed E-state index contributed by atoms with van der Waals surface area (Å²) in [5.74, 6) is 0. The van der Waals surface area contributed by atoms with Crippen LogP contribution in [0.2, 0.25) is 0 Å². The van der Waals surface area contributed by atoms with Crippen molar-refractivity contribution in [3.05, 3.63) is 12.2 Å². The molecule has 0 aromatic carbocycles. The standard InChI is InChI=1S/C4H7BO3/c1-2-3-4(6)5(7)8/h2-3,7-8H,1H3/b3-2+. The van der Waals surface area contributed by atoms with Crippen LogP contribution >= 0.6 is 0 Å². The lowest BCUT2D eigenvalue weighted by Gasteiger charge is -1.85. The van der Waals surface area contributed by atoms with Crippen LogP contribution in [0.3, 0.4) is 0 Å². The van der Waals surface area contributed by atoms with Gasteiger partial charge in [0.1, 0.15) is 0 Å². The van der Waals surface area contributed by atoms with E-state index in [-0.39, 0.29) is 0 Å². The van der Waals surface area contributed by atoms with Gasteiger partial charge in [0.15, 0.2) is 5.68 Å². The number of hydrogen-bond acceptors (Lipinski definition) is 3. The fourth-order valence-electron chi connectivity index (χ4n) is 0.250. The van der Waals surface area contributed by atoms with E-state index in [9.17, 15) is 4.79 Å². The Balaban J connectivity index is 3.66.